The molecule has 3 atom stereocenters. The fourth-order valence-corrected chi connectivity index (χ4v) is 4.36. The first-order valence-electron chi connectivity index (χ1n) is 9.67. The van der Waals surface area contributed by atoms with Gasteiger partial charge in [0.25, 0.3) is 0 Å². The van der Waals surface area contributed by atoms with Crippen molar-refractivity contribution in [3.05, 3.63) is 34.9 Å². The number of nitrogens with zero attached hydrogens (tertiary/aromatic N) is 3. The summed E-state index contributed by atoms with van der Waals surface area (Å²) in [6, 6.07) is -0.248. The summed E-state index contributed by atoms with van der Waals surface area (Å²) in [7, 11) is 0. The Balaban J connectivity index is 1.58. The average Bonchev–Trinajstić information content (AvgIpc) is 3.15. The average molecular weight is 496 g/mol. The van der Waals surface area contributed by atoms with Gasteiger partial charge in [0.2, 0.25) is 5.79 Å². The van der Waals surface area contributed by atoms with Crippen LogP contribution in [0.2, 0.25) is 0 Å². The highest BCUT2D eigenvalue weighted by Gasteiger charge is 2.72. The van der Waals surface area contributed by atoms with Gasteiger partial charge in [-0.3, -0.25) is 9.79 Å². The van der Waals surface area contributed by atoms with Crippen molar-refractivity contribution in [2.45, 2.75) is 42.4 Å². The molecule has 0 radical (unpaired) electrons. The Hall–Kier alpha value is -3.27. The number of esters is 1. The number of hydrogen-bond acceptors (Lipinski definition) is 10. The quantitative estimate of drug-likeness (QED) is 0.213. The van der Waals surface area contributed by atoms with Crippen molar-refractivity contribution in [2.24, 2.45) is 21.5 Å². The van der Waals surface area contributed by atoms with Crippen molar-refractivity contribution < 1.29 is 46.1 Å². The number of rotatable bonds is 3. The molecule has 1 saturated heterocycles. The number of aliphatic hydroxyl groups is 2. The Kier molecular flexibility index (Phi) is 5.17. The number of halogens is 6. The van der Waals surface area contributed by atoms with Crippen molar-refractivity contribution in [1.29, 1.82) is 0 Å². The van der Waals surface area contributed by atoms with Gasteiger partial charge < -0.3 is 36.6 Å². The summed E-state index contributed by atoms with van der Waals surface area (Å²) >= 11 is 0. The van der Waals surface area contributed by atoms with E-state index in [9.17, 15) is 41.4 Å². The molecule has 34 heavy (non-hydrogen) atoms. The zero-order valence-corrected chi connectivity index (χ0v) is 17.0. The second kappa shape index (κ2) is 7.36. The predicted octanol–water partition coefficient (Wildman–Crippen LogP) is -0.514. The number of guanidine groups is 2. The Morgan fingerprint density at radius 1 is 1.15 bits per heavy atom. The molecule has 1 fully saturated rings. The molecule has 0 amide bonds. The standard InChI is InChI=1S/C18H18F6N6O4/c19-17(20,21)8-1-7(2-9(4-8)18(22,23)24)3-12(31)34-11-6-30-14(26)27-5-10-15(30,16(11,32)33)29-13(25)28-10/h1-2,4,10-11,32-33H,3,5-6H2,(H2,26,27)(H3,25,28,29)/t10?,11-,15?/m0/s1. The van der Waals surface area contributed by atoms with E-state index < -0.39 is 71.6 Å². The largest absolute Gasteiger partial charge is 0.454 e. The Labute approximate surface area is 186 Å². The van der Waals surface area contributed by atoms with Crippen LogP contribution >= 0.6 is 0 Å². The number of hydrogen-bond donors (Lipinski definition) is 5. The summed E-state index contributed by atoms with van der Waals surface area (Å²) in [5.41, 5.74) is 5.83. The van der Waals surface area contributed by atoms with Crippen molar-refractivity contribution in [1.82, 2.24) is 10.2 Å². The van der Waals surface area contributed by atoms with Gasteiger partial charge in [0.15, 0.2) is 23.7 Å². The van der Waals surface area contributed by atoms with Gasteiger partial charge in [-0.25, -0.2) is 4.99 Å². The maximum absolute atomic E-state index is 13.1. The smallest absolute Gasteiger partial charge is 0.416 e. The summed E-state index contributed by atoms with van der Waals surface area (Å²) in [4.78, 5) is 21.7. The second-order valence-corrected chi connectivity index (χ2v) is 8.03. The van der Waals surface area contributed by atoms with E-state index in [0.29, 0.717) is 12.1 Å². The van der Waals surface area contributed by atoms with E-state index in [1.165, 1.54) is 4.90 Å². The van der Waals surface area contributed by atoms with E-state index in [-0.39, 0.29) is 24.5 Å². The summed E-state index contributed by atoms with van der Waals surface area (Å²) in [6.45, 7) is -0.499. The molecular weight excluding hydrogens is 478 g/mol. The fourth-order valence-electron chi connectivity index (χ4n) is 4.36. The number of alkyl halides is 6. The van der Waals surface area contributed by atoms with Crippen molar-refractivity contribution in [3.8, 4) is 0 Å². The van der Waals surface area contributed by atoms with E-state index in [1.807, 2.05) is 0 Å². The SMILES string of the molecule is NC1=NC2CN=C(N)N3C[C@H](OC(=O)Cc4cc(C(F)(F)F)cc(C(F)(F)F)c4)C(O)(O)C23N1. The molecule has 186 valence electrons. The van der Waals surface area contributed by atoms with Gasteiger partial charge in [-0.2, -0.15) is 26.3 Å². The monoisotopic (exact) mass is 496 g/mol. The molecular formula is C18H18F6N6O4. The lowest BCUT2D eigenvalue weighted by molar-refractivity contribution is -0.260. The highest BCUT2D eigenvalue weighted by molar-refractivity contribution is 5.87. The molecule has 16 heteroatoms. The third-order valence-electron chi connectivity index (χ3n) is 5.85. The zero-order chi connectivity index (χ0) is 25.3. The molecule has 0 saturated carbocycles. The Morgan fingerprint density at radius 2 is 1.74 bits per heavy atom. The number of ether oxygens (including phenoxy) is 1. The molecule has 1 aromatic rings. The molecule has 0 aromatic heterocycles. The first-order chi connectivity index (χ1) is 15.6. The van der Waals surface area contributed by atoms with Crippen LogP contribution in [-0.2, 0) is 28.3 Å². The van der Waals surface area contributed by atoms with Gasteiger partial charge in [-0.1, -0.05) is 0 Å². The molecule has 3 heterocycles. The van der Waals surface area contributed by atoms with Gasteiger partial charge in [-0.05, 0) is 23.8 Å². The number of aliphatic imine (C=N–C) groups is 2. The van der Waals surface area contributed by atoms with E-state index in [4.69, 9.17) is 16.2 Å². The molecule has 3 aliphatic rings. The van der Waals surface area contributed by atoms with Gasteiger partial charge in [0, 0.05) is 0 Å². The summed E-state index contributed by atoms with van der Waals surface area (Å²) in [5.74, 6) is -4.47. The maximum atomic E-state index is 13.1. The molecule has 0 bridgehead atoms. The van der Waals surface area contributed by atoms with Gasteiger partial charge in [0.05, 0.1) is 30.6 Å². The van der Waals surface area contributed by atoms with E-state index in [0.717, 1.165) is 0 Å². The van der Waals surface area contributed by atoms with Crippen LogP contribution in [0.25, 0.3) is 0 Å². The molecule has 2 unspecified atom stereocenters. The molecule has 7 N–H and O–H groups in total. The minimum atomic E-state index is -5.10. The molecule has 10 nitrogen and oxygen atoms in total. The molecule has 0 aliphatic carbocycles. The number of carbonyl (C=O) groups excluding carboxylic acids is 1. The Morgan fingerprint density at radius 3 is 2.29 bits per heavy atom. The first-order valence-corrected chi connectivity index (χ1v) is 9.67. The number of benzene rings is 1. The van der Waals surface area contributed by atoms with Crippen LogP contribution in [0.3, 0.4) is 0 Å². The zero-order valence-electron chi connectivity index (χ0n) is 17.0. The maximum Gasteiger partial charge on any atom is 0.416 e. The van der Waals surface area contributed by atoms with E-state index in [2.05, 4.69) is 15.3 Å². The third kappa shape index (κ3) is 3.66. The highest BCUT2D eigenvalue weighted by atomic mass is 19.4. The predicted molar refractivity (Wildman–Crippen MR) is 102 cm³/mol. The lowest BCUT2D eigenvalue weighted by Crippen LogP contribution is -2.76. The first kappa shape index (κ1) is 23.9. The minimum Gasteiger partial charge on any atom is -0.454 e. The number of carbonyl (C=O) groups is 1. The fraction of sp³-hybridized carbons (Fsp3) is 0.500. The summed E-state index contributed by atoms with van der Waals surface area (Å²) in [5, 5.41) is 24.4. The summed E-state index contributed by atoms with van der Waals surface area (Å²) < 4.78 is 83.4. The minimum absolute atomic E-state index is 0.0756. The summed E-state index contributed by atoms with van der Waals surface area (Å²) in [6.07, 6.45) is -12.9. The van der Waals surface area contributed by atoms with Crippen LogP contribution in [-0.4, -0.2) is 69.7 Å². The van der Waals surface area contributed by atoms with Crippen LogP contribution in [0, 0.1) is 0 Å². The van der Waals surface area contributed by atoms with Crippen LogP contribution < -0.4 is 16.8 Å². The molecule has 4 rings (SSSR count). The van der Waals surface area contributed by atoms with Crippen LogP contribution in [0.4, 0.5) is 26.3 Å². The molecule has 1 spiro atoms. The van der Waals surface area contributed by atoms with Gasteiger partial charge in [0.1, 0.15) is 6.04 Å². The third-order valence-corrected chi connectivity index (χ3v) is 5.85. The second-order valence-electron chi connectivity index (χ2n) is 8.03. The topological polar surface area (TPSA) is 159 Å². The van der Waals surface area contributed by atoms with Crippen molar-refractivity contribution in [2.75, 3.05) is 13.1 Å². The van der Waals surface area contributed by atoms with Crippen molar-refractivity contribution >= 4 is 17.9 Å². The van der Waals surface area contributed by atoms with Gasteiger partial charge in [-0.15, -0.1) is 0 Å². The van der Waals surface area contributed by atoms with Crippen LogP contribution in [0.1, 0.15) is 16.7 Å². The molecule has 3 aliphatic heterocycles. The van der Waals surface area contributed by atoms with Crippen LogP contribution in [0.5, 0.6) is 0 Å². The van der Waals surface area contributed by atoms with E-state index >= 15 is 0 Å². The lowest BCUT2D eigenvalue weighted by Gasteiger charge is -2.46. The number of nitrogens with one attached hydrogen (secondary N) is 1. The van der Waals surface area contributed by atoms with Gasteiger partial charge >= 0.3 is 18.3 Å². The van der Waals surface area contributed by atoms with Crippen molar-refractivity contribution in [3.63, 3.8) is 0 Å². The normalized spacial score (nSPS) is 27.9. The lowest BCUT2D eigenvalue weighted by atomic mass is 9.90. The molecule has 1 aromatic carbocycles. The van der Waals surface area contributed by atoms with E-state index in [1.54, 1.807) is 0 Å². The highest BCUT2D eigenvalue weighted by Crippen LogP contribution is 2.44. The number of nitrogens with two attached hydrogens (primary N) is 2. The van der Waals surface area contributed by atoms with Crippen LogP contribution in [0.15, 0.2) is 28.2 Å². The Bertz CT molecular complexity index is 1060.